The average Bonchev–Trinajstić information content (AvgIpc) is 2.47. The summed E-state index contributed by atoms with van der Waals surface area (Å²) in [5.41, 5.74) is 0. The van der Waals surface area contributed by atoms with Crippen LogP contribution in [0.15, 0.2) is 33.6 Å². The van der Waals surface area contributed by atoms with Gasteiger partial charge in [-0.05, 0) is 37.1 Å². The summed E-state index contributed by atoms with van der Waals surface area (Å²) in [6, 6.07) is 6.64. The SMILES string of the molecule is CCC(=O)C1CCN(S(=O)(=O)c2ccc(Br)cc2)CC1. The average molecular weight is 360 g/mol. The molecule has 4 nitrogen and oxygen atoms in total. The highest BCUT2D eigenvalue weighted by atomic mass is 79.9. The zero-order chi connectivity index (χ0) is 14.8. The van der Waals surface area contributed by atoms with Crippen molar-refractivity contribution in [3.8, 4) is 0 Å². The molecule has 1 aromatic carbocycles. The third-order valence-corrected chi connectivity index (χ3v) is 6.15. The van der Waals surface area contributed by atoms with Crippen LogP contribution in [0.4, 0.5) is 0 Å². The van der Waals surface area contributed by atoms with Crippen LogP contribution in [0.3, 0.4) is 0 Å². The Hall–Kier alpha value is -0.720. The van der Waals surface area contributed by atoms with Crippen molar-refractivity contribution in [2.24, 2.45) is 5.92 Å². The van der Waals surface area contributed by atoms with Gasteiger partial charge in [-0.2, -0.15) is 4.31 Å². The lowest BCUT2D eigenvalue weighted by Gasteiger charge is -2.30. The Morgan fingerprint density at radius 1 is 1.25 bits per heavy atom. The second-order valence-electron chi connectivity index (χ2n) is 4.95. The largest absolute Gasteiger partial charge is 0.299 e. The summed E-state index contributed by atoms with van der Waals surface area (Å²) in [5.74, 6) is 0.266. The van der Waals surface area contributed by atoms with Gasteiger partial charge in [0.1, 0.15) is 5.78 Å². The number of nitrogens with zero attached hydrogens (tertiary/aromatic N) is 1. The highest BCUT2D eigenvalue weighted by Gasteiger charge is 2.31. The molecule has 1 saturated heterocycles. The lowest BCUT2D eigenvalue weighted by atomic mass is 9.92. The molecule has 0 aromatic heterocycles. The molecule has 0 amide bonds. The van der Waals surface area contributed by atoms with Gasteiger partial charge < -0.3 is 0 Å². The predicted molar refractivity (Wildman–Crippen MR) is 80.9 cm³/mol. The maximum Gasteiger partial charge on any atom is 0.243 e. The topological polar surface area (TPSA) is 54.5 Å². The van der Waals surface area contributed by atoms with Crippen molar-refractivity contribution in [2.75, 3.05) is 13.1 Å². The molecule has 2 rings (SSSR count). The Morgan fingerprint density at radius 3 is 2.30 bits per heavy atom. The first kappa shape index (κ1) is 15.7. The number of carbonyl (C=O) groups excluding carboxylic acids is 1. The van der Waals surface area contributed by atoms with Crippen LogP contribution in [0.2, 0.25) is 0 Å². The number of hydrogen-bond donors (Lipinski definition) is 0. The smallest absolute Gasteiger partial charge is 0.243 e. The molecule has 1 heterocycles. The zero-order valence-electron chi connectivity index (χ0n) is 11.4. The normalized spacial score (nSPS) is 18.1. The number of ketones is 1. The molecule has 1 aliphatic rings. The van der Waals surface area contributed by atoms with E-state index < -0.39 is 10.0 Å². The quantitative estimate of drug-likeness (QED) is 0.830. The number of carbonyl (C=O) groups is 1. The van der Waals surface area contributed by atoms with Crippen LogP contribution in [0.1, 0.15) is 26.2 Å². The minimum Gasteiger partial charge on any atom is -0.299 e. The summed E-state index contributed by atoms with van der Waals surface area (Å²) in [6.45, 7) is 2.71. The number of sulfonamides is 1. The Balaban J connectivity index is 2.09. The van der Waals surface area contributed by atoms with E-state index in [0.29, 0.717) is 37.2 Å². The van der Waals surface area contributed by atoms with Gasteiger partial charge in [0, 0.05) is 29.9 Å². The van der Waals surface area contributed by atoms with E-state index in [4.69, 9.17) is 0 Å². The monoisotopic (exact) mass is 359 g/mol. The molecule has 0 spiro atoms. The van der Waals surface area contributed by atoms with E-state index in [-0.39, 0.29) is 11.7 Å². The molecule has 20 heavy (non-hydrogen) atoms. The standard InChI is InChI=1S/C14H18BrNO3S/c1-2-14(17)11-7-9-16(10-8-11)20(18,19)13-5-3-12(15)4-6-13/h3-6,11H,2,7-10H2,1H3. The molecule has 1 aromatic rings. The van der Waals surface area contributed by atoms with Crippen molar-refractivity contribution in [3.63, 3.8) is 0 Å². The first-order chi connectivity index (χ1) is 9.45. The number of rotatable bonds is 4. The highest BCUT2D eigenvalue weighted by Crippen LogP contribution is 2.25. The summed E-state index contributed by atoms with van der Waals surface area (Å²) >= 11 is 3.29. The van der Waals surface area contributed by atoms with E-state index >= 15 is 0 Å². The fourth-order valence-electron chi connectivity index (χ4n) is 2.46. The Kier molecular flexibility index (Phi) is 4.99. The molecule has 1 fully saturated rings. The molecule has 0 aliphatic carbocycles. The number of benzene rings is 1. The maximum atomic E-state index is 12.5. The summed E-state index contributed by atoms with van der Waals surface area (Å²) < 4.78 is 27.3. The van der Waals surface area contributed by atoms with Gasteiger partial charge in [-0.1, -0.05) is 22.9 Å². The molecule has 0 bridgehead atoms. The second-order valence-corrected chi connectivity index (χ2v) is 7.81. The van der Waals surface area contributed by atoms with Crippen molar-refractivity contribution >= 4 is 31.7 Å². The molecular formula is C14H18BrNO3S. The number of Topliss-reactive ketones (excluding diaryl/α,β-unsaturated/α-hetero) is 1. The molecule has 1 aliphatic heterocycles. The van der Waals surface area contributed by atoms with E-state index in [1.807, 2.05) is 6.92 Å². The summed E-state index contributed by atoms with van der Waals surface area (Å²) in [7, 11) is -3.43. The van der Waals surface area contributed by atoms with Gasteiger partial charge in [0.25, 0.3) is 0 Å². The third-order valence-electron chi connectivity index (χ3n) is 3.71. The van der Waals surface area contributed by atoms with Gasteiger partial charge in [0.05, 0.1) is 4.90 Å². The minimum atomic E-state index is -3.43. The first-order valence-corrected chi connectivity index (χ1v) is 8.97. The minimum absolute atomic E-state index is 0.0244. The van der Waals surface area contributed by atoms with Crippen LogP contribution in [0, 0.1) is 5.92 Å². The van der Waals surface area contributed by atoms with E-state index in [0.717, 1.165) is 4.47 Å². The number of piperidine rings is 1. The van der Waals surface area contributed by atoms with Gasteiger partial charge in [0.2, 0.25) is 10.0 Å². The van der Waals surface area contributed by atoms with E-state index in [2.05, 4.69) is 15.9 Å². The lowest BCUT2D eigenvalue weighted by molar-refractivity contribution is -0.123. The molecular weight excluding hydrogens is 342 g/mol. The summed E-state index contributed by atoms with van der Waals surface area (Å²) in [6.07, 6.45) is 1.79. The summed E-state index contributed by atoms with van der Waals surface area (Å²) in [5, 5.41) is 0. The Bertz CT molecular complexity index is 575. The number of hydrogen-bond acceptors (Lipinski definition) is 3. The van der Waals surface area contributed by atoms with Crippen LogP contribution >= 0.6 is 15.9 Å². The van der Waals surface area contributed by atoms with Crippen molar-refractivity contribution in [2.45, 2.75) is 31.1 Å². The van der Waals surface area contributed by atoms with E-state index in [1.54, 1.807) is 24.3 Å². The molecule has 0 atom stereocenters. The van der Waals surface area contributed by atoms with Gasteiger partial charge in [-0.15, -0.1) is 0 Å². The predicted octanol–water partition coefficient (Wildman–Crippen LogP) is 2.83. The molecule has 0 unspecified atom stereocenters. The fourth-order valence-corrected chi connectivity index (χ4v) is 4.20. The third kappa shape index (κ3) is 3.30. The Labute approximate surface area is 128 Å². The molecule has 0 N–H and O–H groups in total. The van der Waals surface area contributed by atoms with Crippen LogP contribution in [0.25, 0.3) is 0 Å². The van der Waals surface area contributed by atoms with Crippen molar-refractivity contribution < 1.29 is 13.2 Å². The van der Waals surface area contributed by atoms with Crippen molar-refractivity contribution in [1.82, 2.24) is 4.31 Å². The van der Waals surface area contributed by atoms with Gasteiger partial charge in [-0.25, -0.2) is 8.42 Å². The van der Waals surface area contributed by atoms with E-state index in [9.17, 15) is 13.2 Å². The molecule has 6 heteroatoms. The van der Waals surface area contributed by atoms with Crippen LogP contribution in [-0.2, 0) is 14.8 Å². The number of halogens is 1. The summed E-state index contributed by atoms with van der Waals surface area (Å²) in [4.78, 5) is 12.0. The lowest BCUT2D eigenvalue weighted by Crippen LogP contribution is -2.40. The van der Waals surface area contributed by atoms with Crippen LogP contribution in [-0.4, -0.2) is 31.6 Å². The molecule has 0 radical (unpaired) electrons. The zero-order valence-corrected chi connectivity index (χ0v) is 13.8. The van der Waals surface area contributed by atoms with Gasteiger partial charge >= 0.3 is 0 Å². The van der Waals surface area contributed by atoms with Gasteiger partial charge in [-0.3, -0.25) is 4.79 Å². The molecule has 110 valence electrons. The van der Waals surface area contributed by atoms with Gasteiger partial charge in [0.15, 0.2) is 0 Å². The molecule has 0 saturated carbocycles. The Morgan fingerprint density at radius 2 is 1.80 bits per heavy atom. The second kappa shape index (κ2) is 6.37. The van der Waals surface area contributed by atoms with Crippen LogP contribution in [0.5, 0.6) is 0 Å². The van der Waals surface area contributed by atoms with Crippen molar-refractivity contribution in [3.05, 3.63) is 28.7 Å². The first-order valence-electron chi connectivity index (χ1n) is 6.73. The highest BCUT2D eigenvalue weighted by molar-refractivity contribution is 9.10. The van der Waals surface area contributed by atoms with E-state index in [1.165, 1.54) is 4.31 Å². The van der Waals surface area contributed by atoms with Crippen molar-refractivity contribution in [1.29, 1.82) is 0 Å². The maximum absolute atomic E-state index is 12.5. The van der Waals surface area contributed by atoms with Crippen LogP contribution < -0.4 is 0 Å². The fraction of sp³-hybridized carbons (Fsp3) is 0.500.